The van der Waals surface area contributed by atoms with Crippen molar-refractivity contribution < 1.29 is 17.9 Å². The van der Waals surface area contributed by atoms with Crippen molar-refractivity contribution in [2.45, 2.75) is 37.8 Å². The SMILES string of the molecule is FC(F)(F)c1cccnc1N1CCC(COc2cc(C3CC3)ncn2)CC1. The van der Waals surface area contributed by atoms with Crippen LogP contribution in [0.15, 0.2) is 30.7 Å². The van der Waals surface area contributed by atoms with Crippen LogP contribution < -0.4 is 9.64 Å². The minimum Gasteiger partial charge on any atom is -0.477 e. The van der Waals surface area contributed by atoms with Crippen LogP contribution in [0.4, 0.5) is 19.0 Å². The molecule has 5 nitrogen and oxygen atoms in total. The van der Waals surface area contributed by atoms with Gasteiger partial charge < -0.3 is 9.64 Å². The molecular weight excluding hydrogens is 357 g/mol. The third kappa shape index (κ3) is 4.31. The largest absolute Gasteiger partial charge is 0.477 e. The number of ether oxygens (including phenoxy) is 1. The summed E-state index contributed by atoms with van der Waals surface area (Å²) in [6.07, 6.45) is 2.40. The molecule has 1 aliphatic heterocycles. The molecule has 0 atom stereocenters. The number of piperidine rings is 1. The summed E-state index contributed by atoms with van der Waals surface area (Å²) in [5, 5.41) is 0. The molecular formula is C19H21F3N4O. The lowest BCUT2D eigenvalue weighted by Gasteiger charge is -2.33. The maximum absolute atomic E-state index is 13.2. The number of alkyl halides is 3. The number of anilines is 1. The Morgan fingerprint density at radius 1 is 1.07 bits per heavy atom. The molecule has 0 radical (unpaired) electrons. The van der Waals surface area contributed by atoms with Crippen LogP contribution in [-0.4, -0.2) is 34.6 Å². The molecule has 1 saturated carbocycles. The zero-order valence-corrected chi connectivity index (χ0v) is 14.8. The number of aromatic nitrogens is 3. The van der Waals surface area contributed by atoms with E-state index in [1.54, 1.807) is 4.90 Å². The first kappa shape index (κ1) is 18.0. The van der Waals surface area contributed by atoms with Gasteiger partial charge in [0, 0.05) is 31.3 Å². The Hall–Kier alpha value is -2.38. The smallest absolute Gasteiger partial charge is 0.419 e. The van der Waals surface area contributed by atoms with Gasteiger partial charge in [-0.05, 0) is 43.7 Å². The highest BCUT2D eigenvalue weighted by molar-refractivity contribution is 5.48. The van der Waals surface area contributed by atoms with E-state index in [1.807, 2.05) is 6.07 Å². The zero-order valence-electron chi connectivity index (χ0n) is 14.8. The van der Waals surface area contributed by atoms with E-state index in [9.17, 15) is 13.2 Å². The molecule has 0 unspecified atom stereocenters. The Morgan fingerprint density at radius 2 is 1.85 bits per heavy atom. The molecule has 2 aromatic heterocycles. The van der Waals surface area contributed by atoms with E-state index < -0.39 is 11.7 Å². The molecule has 1 aliphatic carbocycles. The molecule has 2 aliphatic rings. The van der Waals surface area contributed by atoms with Gasteiger partial charge in [0.05, 0.1) is 17.9 Å². The monoisotopic (exact) mass is 378 g/mol. The highest BCUT2D eigenvalue weighted by atomic mass is 19.4. The Kier molecular flexibility index (Phi) is 4.88. The number of pyridine rings is 1. The summed E-state index contributed by atoms with van der Waals surface area (Å²) < 4.78 is 45.4. The van der Waals surface area contributed by atoms with Crippen molar-refractivity contribution in [3.05, 3.63) is 42.0 Å². The van der Waals surface area contributed by atoms with Crippen molar-refractivity contribution in [2.75, 3.05) is 24.6 Å². The average molecular weight is 378 g/mol. The molecule has 3 heterocycles. The molecule has 8 heteroatoms. The first-order valence-corrected chi connectivity index (χ1v) is 9.22. The van der Waals surface area contributed by atoms with E-state index in [0.29, 0.717) is 37.4 Å². The molecule has 2 aromatic rings. The normalized spacial score (nSPS) is 18.6. The van der Waals surface area contributed by atoms with Crippen molar-refractivity contribution in [1.29, 1.82) is 0 Å². The van der Waals surface area contributed by atoms with Gasteiger partial charge in [-0.2, -0.15) is 13.2 Å². The molecule has 0 N–H and O–H groups in total. The van der Waals surface area contributed by atoms with Crippen LogP contribution in [0, 0.1) is 5.92 Å². The Bertz CT molecular complexity index is 787. The molecule has 2 fully saturated rings. The van der Waals surface area contributed by atoms with Crippen LogP contribution in [0.25, 0.3) is 0 Å². The first-order chi connectivity index (χ1) is 13.0. The van der Waals surface area contributed by atoms with Crippen molar-refractivity contribution in [2.24, 2.45) is 5.92 Å². The number of hydrogen-bond acceptors (Lipinski definition) is 5. The lowest BCUT2D eigenvalue weighted by molar-refractivity contribution is -0.137. The summed E-state index contributed by atoms with van der Waals surface area (Å²) in [7, 11) is 0. The average Bonchev–Trinajstić information content (AvgIpc) is 3.52. The van der Waals surface area contributed by atoms with Gasteiger partial charge in [0.25, 0.3) is 0 Å². The summed E-state index contributed by atoms with van der Waals surface area (Å²) in [6.45, 7) is 1.58. The van der Waals surface area contributed by atoms with E-state index in [4.69, 9.17) is 4.74 Å². The van der Waals surface area contributed by atoms with E-state index in [2.05, 4.69) is 15.0 Å². The highest BCUT2D eigenvalue weighted by Crippen LogP contribution is 2.39. The predicted octanol–water partition coefficient (Wildman–Crippen LogP) is 4.06. The van der Waals surface area contributed by atoms with Crippen LogP contribution in [0.5, 0.6) is 5.88 Å². The minimum atomic E-state index is -4.39. The molecule has 4 rings (SSSR count). The molecule has 0 amide bonds. The predicted molar refractivity (Wildman–Crippen MR) is 93.7 cm³/mol. The second kappa shape index (κ2) is 7.32. The fraction of sp³-hybridized carbons (Fsp3) is 0.526. The van der Waals surface area contributed by atoms with Gasteiger partial charge in [0.1, 0.15) is 12.1 Å². The number of nitrogens with zero attached hydrogens (tertiary/aromatic N) is 4. The molecule has 0 bridgehead atoms. The van der Waals surface area contributed by atoms with Crippen molar-refractivity contribution in [3.63, 3.8) is 0 Å². The zero-order chi connectivity index (χ0) is 18.9. The van der Waals surface area contributed by atoms with Gasteiger partial charge >= 0.3 is 6.18 Å². The summed E-state index contributed by atoms with van der Waals surface area (Å²) in [4.78, 5) is 14.1. The fourth-order valence-electron chi connectivity index (χ4n) is 3.42. The quantitative estimate of drug-likeness (QED) is 0.785. The first-order valence-electron chi connectivity index (χ1n) is 9.22. The van der Waals surface area contributed by atoms with Crippen LogP contribution in [-0.2, 0) is 6.18 Å². The van der Waals surface area contributed by atoms with Crippen molar-refractivity contribution in [1.82, 2.24) is 15.0 Å². The molecule has 144 valence electrons. The minimum absolute atomic E-state index is 0.0224. The second-order valence-electron chi connectivity index (χ2n) is 7.17. The highest BCUT2D eigenvalue weighted by Gasteiger charge is 2.36. The summed E-state index contributed by atoms with van der Waals surface area (Å²) in [5.74, 6) is 1.44. The number of hydrogen-bond donors (Lipinski definition) is 0. The molecule has 0 spiro atoms. The lowest BCUT2D eigenvalue weighted by atomic mass is 9.97. The third-order valence-electron chi connectivity index (χ3n) is 5.13. The molecule has 1 saturated heterocycles. The van der Waals surface area contributed by atoms with Crippen LogP contribution in [0.3, 0.4) is 0 Å². The maximum Gasteiger partial charge on any atom is 0.419 e. The lowest BCUT2D eigenvalue weighted by Crippen LogP contribution is -2.37. The number of halogens is 3. The topological polar surface area (TPSA) is 51.1 Å². The molecule has 27 heavy (non-hydrogen) atoms. The summed E-state index contributed by atoms with van der Waals surface area (Å²) in [5.41, 5.74) is 0.359. The van der Waals surface area contributed by atoms with Gasteiger partial charge in [-0.15, -0.1) is 0 Å². The Labute approximate surface area is 155 Å². The third-order valence-corrected chi connectivity index (χ3v) is 5.13. The maximum atomic E-state index is 13.2. The standard InChI is InChI=1S/C19H21F3N4O/c20-19(21,22)15-2-1-7-23-18(15)26-8-5-13(6-9-26)11-27-17-10-16(14-3-4-14)24-12-25-17/h1-2,7,10,12-14H,3-6,8-9,11H2. The van der Waals surface area contributed by atoms with Gasteiger partial charge in [0.15, 0.2) is 0 Å². The van der Waals surface area contributed by atoms with Crippen LogP contribution in [0.1, 0.15) is 42.9 Å². The summed E-state index contributed by atoms with van der Waals surface area (Å²) >= 11 is 0. The van der Waals surface area contributed by atoms with Gasteiger partial charge in [-0.25, -0.2) is 15.0 Å². The van der Waals surface area contributed by atoms with Gasteiger partial charge in [0.2, 0.25) is 5.88 Å². The van der Waals surface area contributed by atoms with Gasteiger partial charge in [-0.3, -0.25) is 0 Å². The van der Waals surface area contributed by atoms with E-state index in [1.165, 1.54) is 31.4 Å². The Balaban J connectivity index is 1.33. The second-order valence-corrected chi connectivity index (χ2v) is 7.17. The van der Waals surface area contributed by atoms with E-state index in [0.717, 1.165) is 24.6 Å². The van der Waals surface area contributed by atoms with Crippen LogP contribution in [0.2, 0.25) is 0 Å². The van der Waals surface area contributed by atoms with E-state index in [-0.39, 0.29) is 5.82 Å². The van der Waals surface area contributed by atoms with Crippen molar-refractivity contribution >= 4 is 5.82 Å². The number of rotatable bonds is 5. The fourth-order valence-corrected chi connectivity index (χ4v) is 3.42. The van der Waals surface area contributed by atoms with E-state index >= 15 is 0 Å². The Morgan fingerprint density at radius 3 is 2.56 bits per heavy atom. The van der Waals surface area contributed by atoms with Crippen LogP contribution >= 0.6 is 0 Å². The van der Waals surface area contributed by atoms with Gasteiger partial charge in [-0.1, -0.05) is 0 Å². The van der Waals surface area contributed by atoms with Crippen molar-refractivity contribution in [3.8, 4) is 5.88 Å². The molecule has 0 aromatic carbocycles. The summed E-state index contributed by atoms with van der Waals surface area (Å²) in [6, 6.07) is 4.31.